The lowest BCUT2D eigenvalue weighted by Gasteiger charge is -2.11. The SMILES string of the molecule is C=C(C)/C(C)=C(\C=C/C)C(C)C. The molecule has 68 valence electrons. The normalized spacial score (nSPS) is 13.8. The van der Waals surface area contributed by atoms with E-state index in [1.165, 1.54) is 11.1 Å². The molecular weight excluding hydrogens is 144 g/mol. The first-order chi connectivity index (χ1) is 5.50. The minimum atomic E-state index is 0.581. The molecule has 0 atom stereocenters. The maximum Gasteiger partial charge on any atom is -0.0216 e. The molecule has 0 spiro atoms. The van der Waals surface area contributed by atoms with Gasteiger partial charge in [0.1, 0.15) is 0 Å². The second-order valence-corrected chi connectivity index (χ2v) is 3.52. The lowest BCUT2D eigenvalue weighted by Crippen LogP contribution is -1.95. The summed E-state index contributed by atoms with van der Waals surface area (Å²) in [5.74, 6) is 0.581. The van der Waals surface area contributed by atoms with Crippen molar-refractivity contribution in [3.05, 3.63) is 35.5 Å². The van der Waals surface area contributed by atoms with Crippen molar-refractivity contribution in [2.24, 2.45) is 5.92 Å². The molecule has 0 aliphatic heterocycles. The van der Waals surface area contributed by atoms with Crippen LogP contribution in [0.5, 0.6) is 0 Å². The first-order valence-corrected chi connectivity index (χ1v) is 4.50. The Labute approximate surface area is 76.7 Å². The molecule has 0 bridgehead atoms. The molecule has 0 unspecified atom stereocenters. The fraction of sp³-hybridized carbons (Fsp3) is 0.500. The van der Waals surface area contributed by atoms with Crippen LogP contribution in [0.2, 0.25) is 0 Å². The topological polar surface area (TPSA) is 0 Å². The third-order valence-electron chi connectivity index (χ3n) is 2.04. The summed E-state index contributed by atoms with van der Waals surface area (Å²) in [7, 11) is 0. The third-order valence-corrected chi connectivity index (χ3v) is 2.04. The summed E-state index contributed by atoms with van der Waals surface area (Å²) in [4.78, 5) is 0. The van der Waals surface area contributed by atoms with Crippen LogP contribution in [0.1, 0.15) is 34.6 Å². The predicted octanol–water partition coefficient (Wildman–Crippen LogP) is 4.11. The van der Waals surface area contributed by atoms with Crippen LogP contribution in [0.4, 0.5) is 0 Å². The van der Waals surface area contributed by atoms with Crippen molar-refractivity contribution in [2.75, 3.05) is 0 Å². The van der Waals surface area contributed by atoms with Gasteiger partial charge in [0.25, 0.3) is 0 Å². The van der Waals surface area contributed by atoms with Crippen LogP contribution >= 0.6 is 0 Å². The molecule has 0 nitrogen and oxygen atoms in total. The molecule has 0 aliphatic rings. The average Bonchev–Trinajstić information content (AvgIpc) is 1.98. The van der Waals surface area contributed by atoms with Crippen molar-refractivity contribution < 1.29 is 0 Å². The van der Waals surface area contributed by atoms with Gasteiger partial charge in [0.2, 0.25) is 0 Å². The van der Waals surface area contributed by atoms with E-state index in [1.807, 2.05) is 6.92 Å². The van der Waals surface area contributed by atoms with Gasteiger partial charge in [-0.25, -0.2) is 0 Å². The van der Waals surface area contributed by atoms with Crippen LogP contribution in [-0.4, -0.2) is 0 Å². The Morgan fingerprint density at radius 2 is 1.75 bits per heavy atom. The Kier molecular flexibility index (Phi) is 4.65. The molecule has 0 aliphatic carbocycles. The third kappa shape index (κ3) is 3.08. The zero-order valence-electron chi connectivity index (χ0n) is 8.94. The summed E-state index contributed by atoms with van der Waals surface area (Å²) in [5, 5.41) is 0. The zero-order valence-corrected chi connectivity index (χ0v) is 8.94. The molecule has 0 heteroatoms. The molecule has 0 saturated carbocycles. The Morgan fingerprint density at radius 1 is 1.25 bits per heavy atom. The average molecular weight is 164 g/mol. The van der Waals surface area contributed by atoms with Crippen molar-refractivity contribution in [2.45, 2.75) is 34.6 Å². The van der Waals surface area contributed by atoms with Crippen molar-refractivity contribution in [3.63, 3.8) is 0 Å². The van der Waals surface area contributed by atoms with E-state index in [2.05, 4.69) is 46.4 Å². The zero-order chi connectivity index (χ0) is 9.72. The number of rotatable bonds is 3. The molecule has 0 amide bonds. The molecule has 0 heterocycles. The Morgan fingerprint density at radius 3 is 2.00 bits per heavy atom. The first kappa shape index (κ1) is 11.2. The van der Waals surface area contributed by atoms with Gasteiger partial charge in [-0.05, 0) is 37.8 Å². The highest BCUT2D eigenvalue weighted by Crippen LogP contribution is 2.20. The summed E-state index contributed by atoms with van der Waals surface area (Å²) < 4.78 is 0. The van der Waals surface area contributed by atoms with Gasteiger partial charge < -0.3 is 0 Å². The first-order valence-electron chi connectivity index (χ1n) is 4.50. The van der Waals surface area contributed by atoms with Gasteiger partial charge in [-0.3, -0.25) is 0 Å². The molecule has 0 fully saturated rings. The van der Waals surface area contributed by atoms with Crippen molar-refractivity contribution in [1.82, 2.24) is 0 Å². The Bertz CT molecular complexity index is 214. The summed E-state index contributed by atoms with van der Waals surface area (Å²) in [6.45, 7) is 14.6. The predicted molar refractivity (Wildman–Crippen MR) is 57.2 cm³/mol. The largest absolute Gasteiger partial charge is 0.0958 e. The smallest absolute Gasteiger partial charge is 0.0216 e. The van der Waals surface area contributed by atoms with Gasteiger partial charge >= 0.3 is 0 Å². The van der Waals surface area contributed by atoms with Crippen LogP contribution in [0.25, 0.3) is 0 Å². The molecule has 0 saturated heterocycles. The van der Waals surface area contributed by atoms with E-state index < -0.39 is 0 Å². The fourth-order valence-corrected chi connectivity index (χ4v) is 1.18. The Balaban J connectivity index is 4.93. The highest BCUT2D eigenvalue weighted by molar-refractivity contribution is 5.36. The van der Waals surface area contributed by atoms with Crippen LogP contribution < -0.4 is 0 Å². The minimum absolute atomic E-state index is 0.581. The van der Waals surface area contributed by atoms with Gasteiger partial charge in [-0.1, -0.05) is 38.2 Å². The quantitative estimate of drug-likeness (QED) is 0.551. The van der Waals surface area contributed by atoms with Gasteiger partial charge in [0.15, 0.2) is 0 Å². The van der Waals surface area contributed by atoms with Crippen molar-refractivity contribution in [1.29, 1.82) is 0 Å². The molecule has 0 radical (unpaired) electrons. The van der Waals surface area contributed by atoms with Crippen LogP contribution in [0, 0.1) is 5.92 Å². The van der Waals surface area contributed by atoms with Gasteiger partial charge in [0.05, 0.1) is 0 Å². The molecule has 0 N–H and O–H groups in total. The van der Waals surface area contributed by atoms with Crippen molar-refractivity contribution >= 4 is 0 Å². The van der Waals surface area contributed by atoms with E-state index >= 15 is 0 Å². The van der Waals surface area contributed by atoms with Crippen LogP contribution in [0.3, 0.4) is 0 Å². The maximum absolute atomic E-state index is 3.95. The summed E-state index contributed by atoms with van der Waals surface area (Å²) in [6, 6.07) is 0. The Hall–Kier alpha value is -0.780. The number of allylic oxidation sites excluding steroid dienone is 5. The van der Waals surface area contributed by atoms with Gasteiger partial charge in [-0.2, -0.15) is 0 Å². The van der Waals surface area contributed by atoms with E-state index in [0.717, 1.165) is 5.57 Å². The highest BCUT2D eigenvalue weighted by Gasteiger charge is 2.03. The van der Waals surface area contributed by atoms with Gasteiger partial charge in [0, 0.05) is 0 Å². The summed E-state index contributed by atoms with van der Waals surface area (Å²) in [5.41, 5.74) is 3.88. The lowest BCUT2D eigenvalue weighted by molar-refractivity contribution is 0.781. The van der Waals surface area contributed by atoms with E-state index in [4.69, 9.17) is 0 Å². The fourth-order valence-electron chi connectivity index (χ4n) is 1.18. The van der Waals surface area contributed by atoms with Crippen LogP contribution in [0.15, 0.2) is 35.5 Å². The molecule has 12 heavy (non-hydrogen) atoms. The number of hydrogen-bond donors (Lipinski definition) is 0. The van der Waals surface area contributed by atoms with Crippen LogP contribution in [-0.2, 0) is 0 Å². The summed E-state index contributed by atoms with van der Waals surface area (Å²) >= 11 is 0. The minimum Gasteiger partial charge on any atom is -0.0958 e. The standard InChI is InChI=1S/C12H20/c1-7-8-12(10(4)5)11(6)9(2)3/h7-8,10H,2H2,1,3-6H3/b8-7-,12-11+. The van der Waals surface area contributed by atoms with E-state index in [1.54, 1.807) is 0 Å². The lowest BCUT2D eigenvalue weighted by atomic mass is 9.94. The van der Waals surface area contributed by atoms with Crippen molar-refractivity contribution in [3.8, 4) is 0 Å². The molecule has 0 aromatic heterocycles. The molecule has 0 aromatic carbocycles. The molecule has 0 aromatic rings. The maximum atomic E-state index is 3.95. The van der Waals surface area contributed by atoms with E-state index in [9.17, 15) is 0 Å². The molecule has 0 rings (SSSR count). The summed E-state index contributed by atoms with van der Waals surface area (Å²) in [6.07, 6.45) is 4.26. The van der Waals surface area contributed by atoms with E-state index in [0.29, 0.717) is 5.92 Å². The van der Waals surface area contributed by atoms with E-state index in [-0.39, 0.29) is 0 Å². The highest BCUT2D eigenvalue weighted by atomic mass is 14.1. The van der Waals surface area contributed by atoms with Gasteiger partial charge in [-0.15, -0.1) is 0 Å². The monoisotopic (exact) mass is 164 g/mol. The second kappa shape index (κ2) is 4.97. The number of hydrogen-bond acceptors (Lipinski definition) is 0. The second-order valence-electron chi connectivity index (χ2n) is 3.52. The molecular formula is C12H20.